The van der Waals surface area contributed by atoms with E-state index in [1.807, 2.05) is 13.8 Å². The molecule has 5 N–H and O–H groups in total. The molecule has 1 heterocycles. The number of carbonyl (C=O) groups is 2. The van der Waals surface area contributed by atoms with Gasteiger partial charge >= 0.3 is 11.9 Å². The van der Waals surface area contributed by atoms with Gasteiger partial charge in [0.15, 0.2) is 5.66 Å². The third kappa shape index (κ3) is 1.74. The Hall–Kier alpha value is -1.72. The highest BCUT2D eigenvalue weighted by atomic mass is 16.4. The van der Waals surface area contributed by atoms with E-state index in [2.05, 4.69) is 10.6 Å². The molecule has 1 aliphatic rings. The average molecular weight is 213 g/mol. The summed E-state index contributed by atoms with van der Waals surface area (Å²) in [5.74, 6) is -2.55. The second kappa shape index (κ2) is 3.80. The molecule has 6 nitrogen and oxygen atoms in total. The molecule has 0 aromatic carbocycles. The first kappa shape index (κ1) is 11.4. The summed E-state index contributed by atoms with van der Waals surface area (Å²) >= 11 is 0. The second-order valence-corrected chi connectivity index (χ2v) is 3.62. The van der Waals surface area contributed by atoms with Crippen molar-refractivity contribution in [2.24, 2.45) is 11.7 Å². The number of nitrogens with one attached hydrogen (secondary N) is 2. The van der Waals surface area contributed by atoms with Crippen LogP contribution in [0.3, 0.4) is 0 Å². The van der Waals surface area contributed by atoms with Crippen molar-refractivity contribution in [3.05, 3.63) is 11.9 Å². The van der Waals surface area contributed by atoms with Gasteiger partial charge in [0.2, 0.25) is 0 Å². The van der Waals surface area contributed by atoms with Crippen molar-refractivity contribution >= 4 is 11.9 Å². The number of carbonyl (C=O) groups excluding carboxylic acids is 1. The molecule has 0 saturated heterocycles. The SMILES string of the molecule is CCC(C)[C@@]1(NC(=O)C(=O)O)NC=C1N. The number of rotatable bonds is 3. The van der Waals surface area contributed by atoms with Crippen molar-refractivity contribution in [1.82, 2.24) is 10.6 Å². The number of carboxylic acids is 1. The van der Waals surface area contributed by atoms with E-state index in [0.717, 1.165) is 6.42 Å². The summed E-state index contributed by atoms with van der Waals surface area (Å²) in [6, 6.07) is 0. The number of nitrogens with two attached hydrogens (primary N) is 1. The van der Waals surface area contributed by atoms with Crippen molar-refractivity contribution in [3.8, 4) is 0 Å². The topological polar surface area (TPSA) is 104 Å². The quantitative estimate of drug-likeness (QED) is 0.465. The molecule has 1 amide bonds. The second-order valence-electron chi connectivity index (χ2n) is 3.62. The van der Waals surface area contributed by atoms with Crippen LogP contribution in [0.25, 0.3) is 0 Å². The smallest absolute Gasteiger partial charge is 0.394 e. The van der Waals surface area contributed by atoms with Crippen molar-refractivity contribution in [3.63, 3.8) is 0 Å². The first-order valence-corrected chi connectivity index (χ1v) is 4.73. The Balaban J connectivity index is 2.82. The van der Waals surface area contributed by atoms with Crippen molar-refractivity contribution in [2.45, 2.75) is 25.9 Å². The van der Waals surface area contributed by atoms with Crippen LogP contribution in [0.5, 0.6) is 0 Å². The van der Waals surface area contributed by atoms with E-state index >= 15 is 0 Å². The molecule has 6 heteroatoms. The molecule has 84 valence electrons. The summed E-state index contributed by atoms with van der Waals surface area (Å²) in [6.45, 7) is 3.82. The average Bonchev–Trinajstić information content (AvgIpc) is 2.21. The molecule has 2 atom stereocenters. The Bertz CT molecular complexity index is 327. The van der Waals surface area contributed by atoms with Crippen molar-refractivity contribution in [1.29, 1.82) is 0 Å². The highest BCUT2D eigenvalue weighted by molar-refractivity contribution is 6.31. The van der Waals surface area contributed by atoms with E-state index in [-0.39, 0.29) is 5.92 Å². The summed E-state index contributed by atoms with van der Waals surface area (Å²) in [7, 11) is 0. The minimum absolute atomic E-state index is 0.0193. The first-order chi connectivity index (χ1) is 6.94. The zero-order valence-corrected chi connectivity index (χ0v) is 8.70. The molecule has 0 aliphatic carbocycles. The van der Waals surface area contributed by atoms with Crippen LogP contribution >= 0.6 is 0 Å². The van der Waals surface area contributed by atoms with Gasteiger partial charge in [0, 0.05) is 12.1 Å². The molecule has 0 spiro atoms. The van der Waals surface area contributed by atoms with Crippen LogP contribution < -0.4 is 16.4 Å². The third-order valence-corrected chi connectivity index (χ3v) is 2.77. The highest BCUT2D eigenvalue weighted by Crippen LogP contribution is 2.28. The highest BCUT2D eigenvalue weighted by Gasteiger charge is 2.44. The summed E-state index contributed by atoms with van der Waals surface area (Å²) in [4.78, 5) is 21.5. The Morgan fingerprint density at radius 1 is 1.73 bits per heavy atom. The maximum Gasteiger partial charge on any atom is 0.394 e. The molecular formula is C9H15N3O3. The minimum Gasteiger partial charge on any atom is -0.474 e. The van der Waals surface area contributed by atoms with Gasteiger partial charge in [0.25, 0.3) is 0 Å². The maximum absolute atomic E-state index is 11.1. The van der Waals surface area contributed by atoms with E-state index < -0.39 is 17.5 Å². The zero-order valence-electron chi connectivity index (χ0n) is 8.70. The van der Waals surface area contributed by atoms with Gasteiger partial charge in [-0.15, -0.1) is 0 Å². The van der Waals surface area contributed by atoms with Gasteiger partial charge in [-0.3, -0.25) is 4.79 Å². The van der Waals surface area contributed by atoms with Gasteiger partial charge in [-0.2, -0.15) is 0 Å². The largest absolute Gasteiger partial charge is 0.474 e. The maximum atomic E-state index is 11.1. The molecule has 1 unspecified atom stereocenters. The van der Waals surface area contributed by atoms with E-state index in [1.165, 1.54) is 0 Å². The Morgan fingerprint density at radius 3 is 2.60 bits per heavy atom. The van der Waals surface area contributed by atoms with Crippen LogP contribution in [0.4, 0.5) is 0 Å². The van der Waals surface area contributed by atoms with Crippen molar-refractivity contribution in [2.75, 3.05) is 0 Å². The van der Waals surface area contributed by atoms with Gasteiger partial charge in [0.1, 0.15) is 0 Å². The lowest BCUT2D eigenvalue weighted by molar-refractivity contribution is -0.151. The van der Waals surface area contributed by atoms with Crippen LogP contribution in [-0.2, 0) is 9.59 Å². The molecule has 0 saturated carbocycles. The van der Waals surface area contributed by atoms with Gasteiger partial charge < -0.3 is 21.5 Å². The summed E-state index contributed by atoms with van der Waals surface area (Å²) in [5.41, 5.74) is 5.23. The number of aliphatic carboxylic acids is 1. The molecular weight excluding hydrogens is 198 g/mol. The van der Waals surface area contributed by atoms with Gasteiger partial charge in [-0.1, -0.05) is 13.8 Å². The minimum atomic E-state index is -1.51. The number of amides is 1. The lowest BCUT2D eigenvalue weighted by atomic mass is 9.85. The standard InChI is InChI=1S/C9H15N3O3/c1-3-5(2)9(6(10)4-11-9)12-7(13)8(14)15/h4-5,11H,3,10H2,1-2H3,(H,12,13)(H,14,15)/t5?,9-/m0/s1. The Morgan fingerprint density at radius 2 is 2.33 bits per heavy atom. The summed E-state index contributed by atoms with van der Waals surface area (Å²) < 4.78 is 0. The van der Waals surface area contributed by atoms with Crippen molar-refractivity contribution < 1.29 is 14.7 Å². The first-order valence-electron chi connectivity index (χ1n) is 4.73. The number of carboxylic acid groups (broad SMARTS) is 1. The molecule has 0 radical (unpaired) electrons. The van der Waals surface area contributed by atoms with Gasteiger partial charge in [0.05, 0.1) is 5.70 Å². The van der Waals surface area contributed by atoms with Crippen LogP contribution in [0, 0.1) is 5.92 Å². The van der Waals surface area contributed by atoms with Crippen LogP contribution in [0.1, 0.15) is 20.3 Å². The fraction of sp³-hybridized carbons (Fsp3) is 0.556. The summed E-state index contributed by atoms with van der Waals surface area (Å²) in [6.07, 6.45) is 2.32. The molecule has 1 aliphatic heterocycles. The number of hydrogen-bond donors (Lipinski definition) is 4. The molecule has 0 aromatic heterocycles. The molecule has 0 fully saturated rings. The predicted octanol–water partition coefficient (Wildman–Crippen LogP) is -0.667. The fourth-order valence-corrected chi connectivity index (χ4v) is 1.51. The predicted molar refractivity (Wildman–Crippen MR) is 53.4 cm³/mol. The van der Waals surface area contributed by atoms with E-state index in [9.17, 15) is 9.59 Å². The van der Waals surface area contributed by atoms with E-state index in [4.69, 9.17) is 10.8 Å². The van der Waals surface area contributed by atoms with Crippen LogP contribution in [0.15, 0.2) is 11.9 Å². The lowest BCUT2D eigenvalue weighted by Crippen LogP contribution is -2.70. The Kier molecular flexibility index (Phi) is 2.88. The normalized spacial score (nSPS) is 25.6. The summed E-state index contributed by atoms with van der Waals surface area (Å²) in [5, 5.41) is 13.8. The van der Waals surface area contributed by atoms with Crippen LogP contribution in [0.2, 0.25) is 0 Å². The van der Waals surface area contributed by atoms with E-state index in [0.29, 0.717) is 5.70 Å². The van der Waals surface area contributed by atoms with E-state index in [1.54, 1.807) is 6.20 Å². The molecule has 0 aromatic rings. The Labute approximate surface area is 87.5 Å². The van der Waals surface area contributed by atoms with Crippen LogP contribution in [-0.4, -0.2) is 22.6 Å². The third-order valence-electron chi connectivity index (χ3n) is 2.77. The molecule has 15 heavy (non-hydrogen) atoms. The molecule has 0 bridgehead atoms. The van der Waals surface area contributed by atoms with Gasteiger partial charge in [-0.25, -0.2) is 4.79 Å². The lowest BCUT2D eigenvalue weighted by Gasteiger charge is -2.45. The fourth-order valence-electron chi connectivity index (χ4n) is 1.51. The van der Waals surface area contributed by atoms with Gasteiger partial charge in [-0.05, 0) is 6.42 Å². The molecule has 1 rings (SSSR count). The number of hydrogen-bond acceptors (Lipinski definition) is 4. The monoisotopic (exact) mass is 213 g/mol. The zero-order chi connectivity index (χ0) is 11.6.